The van der Waals surface area contributed by atoms with Gasteiger partial charge in [0.05, 0.1) is 47.3 Å². The molecule has 0 aliphatic carbocycles. The second kappa shape index (κ2) is 14.9. The van der Waals surface area contributed by atoms with Crippen molar-refractivity contribution in [3.8, 4) is 0 Å². The summed E-state index contributed by atoms with van der Waals surface area (Å²) in [6.45, 7) is 8.82. The van der Waals surface area contributed by atoms with Crippen LogP contribution in [0.1, 0.15) is 92.9 Å². The van der Waals surface area contributed by atoms with Crippen LogP contribution >= 0.6 is 0 Å². The Kier molecular flexibility index (Phi) is 11.5. The molecule has 0 amide bonds. The Morgan fingerprint density at radius 1 is 0.500 bits per heavy atom. The molecule has 7 atom stereocenters. The van der Waals surface area contributed by atoms with Crippen LogP contribution in [0.15, 0.2) is 0 Å². The van der Waals surface area contributed by atoms with Gasteiger partial charge in [-0.15, -0.1) is 0 Å². The van der Waals surface area contributed by atoms with Crippen molar-refractivity contribution < 1.29 is 76.3 Å². The Bertz CT molecular complexity index is 1400. The highest BCUT2D eigenvalue weighted by atomic mass is 16.6. The Hall–Kier alpha value is -4.24. The van der Waals surface area contributed by atoms with Gasteiger partial charge in [-0.3, -0.25) is 38.4 Å². The summed E-state index contributed by atoms with van der Waals surface area (Å²) in [5, 5.41) is 0. The van der Waals surface area contributed by atoms with Crippen molar-refractivity contribution in [2.75, 3.05) is 26.4 Å². The molecule has 4 heterocycles. The highest BCUT2D eigenvalue weighted by Crippen LogP contribution is 2.50. The summed E-state index contributed by atoms with van der Waals surface area (Å²) in [4.78, 5) is 102. The third-order valence-electron chi connectivity index (χ3n) is 9.60. The molecule has 4 aliphatic rings. The van der Waals surface area contributed by atoms with E-state index < -0.39 is 93.8 Å². The molecule has 0 saturated carbocycles. The van der Waals surface area contributed by atoms with E-state index in [0.717, 1.165) is 0 Å². The predicted molar refractivity (Wildman–Crippen MR) is 164 cm³/mol. The average molecular weight is 711 g/mol. The molecule has 0 bridgehead atoms. The van der Waals surface area contributed by atoms with Gasteiger partial charge < -0.3 is 37.9 Å². The second-order valence-electron chi connectivity index (χ2n) is 15.1. The number of ether oxygens (including phenoxy) is 8. The van der Waals surface area contributed by atoms with Gasteiger partial charge in [0.25, 0.3) is 0 Å². The molecule has 0 spiro atoms. The normalized spacial score (nSPS) is 27.1. The number of hydrogen-bond donors (Lipinski definition) is 0. The maximum atomic E-state index is 14.2. The number of hydrogen-bond acceptors (Lipinski definition) is 16. The van der Waals surface area contributed by atoms with Crippen molar-refractivity contribution in [1.82, 2.24) is 0 Å². The Labute approximate surface area is 289 Å². The van der Waals surface area contributed by atoms with Gasteiger partial charge in [0.15, 0.2) is 0 Å². The summed E-state index contributed by atoms with van der Waals surface area (Å²) in [7, 11) is 0. The molecule has 278 valence electrons. The largest absolute Gasteiger partial charge is 0.462 e. The molecule has 0 N–H and O–H groups in total. The fourth-order valence-electron chi connectivity index (χ4n) is 6.98. The first-order valence-electron chi connectivity index (χ1n) is 16.7. The molecule has 16 nitrogen and oxygen atoms in total. The van der Waals surface area contributed by atoms with E-state index in [1.54, 1.807) is 13.8 Å². The molecule has 4 fully saturated rings. The fourth-order valence-corrected chi connectivity index (χ4v) is 6.98. The fraction of sp³-hybridized carbons (Fsp3) is 0.765. The summed E-state index contributed by atoms with van der Waals surface area (Å²) in [6, 6.07) is 0. The minimum absolute atomic E-state index is 0.108. The second-order valence-corrected chi connectivity index (χ2v) is 15.1. The molecule has 4 aliphatic heterocycles. The van der Waals surface area contributed by atoms with E-state index >= 15 is 0 Å². The number of cyclic esters (lactones) is 4. The van der Waals surface area contributed by atoms with Crippen molar-refractivity contribution in [3.63, 3.8) is 0 Å². The molecule has 0 radical (unpaired) electrons. The van der Waals surface area contributed by atoms with Gasteiger partial charge in [0.2, 0.25) is 0 Å². The van der Waals surface area contributed by atoms with E-state index in [-0.39, 0.29) is 77.8 Å². The quantitative estimate of drug-likeness (QED) is 0.176. The van der Waals surface area contributed by atoms with E-state index in [9.17, 15) is 38.4 Å². The lowest BCUT2D eigenvalue weighted by molar-refractivity contribution is -0.178. The van der Waals surface area contributed by atoms with Crippen molar-refractivity contribution in [2.45, 2.75) is 117 Å². The smallest absolute Gasteiger partial charge is 0.312 e. The summed E-state index contributed by atoms with van der Waals surface area (Å²) >= 11 is 0. The molecule has 0 aromatic rings. The average Bonchev–Trinajstić information content (AvgIpc) is 3.83. The topological polar surface area (TPSA) is 210 Å². The molecular weight excluding hydrogens is 664 g/mol. The van der Waals surface area contributed by atoms with Crippen LogP contribution < -0.4 is 0 Å². The molecule has 0 aromatic heterocycles. The molecule has 4 saturated heterocycles. The maximum Gasteiger partial charge on any atom is 0.312 e. The molecule has 16 heteroatoms. The van der Waals surface area contributed by atoms with Gasteiger partial charge in [-0.2, -0.15) is 0 Å². The van der Waals surface area contributed by atoms with Gasteiger partial charge in [0.1, 0.15) is 50.8 Å². The van der Waals surface area contributed by atoms with Gasteiger partial charge in [-0.05, 0) is 60.3 Å². The maximum absolute atomic E-state index is 14.2. The standard InChI is InChI=1S/C34H46O16/c1-7-32(4,28(40)48-20-9-24(36)44-13-20)17-34(6,30(42)50-22-11-26(38)46-15-22)18-33(5,29(41)49-21-10-25(37)45-14-21)16-31(2,3)27(39)47-19-8-23(35)43-12-19/h19-22H,7-18H2,1-6H3. The monoisotopic (exact) mass is 710 g/mol. The lowest BCUT2D eigenvalue weighted by Gasteiger charge is -2.43. The zero-order valence-electron chi connectivity index (χ0n) is 29.3. The van der Waals surface area contributed by atoms with E-state index in [1.807, 2.05) is 0 Å². The Morgan fingerprint density at radius 3 is 1.08 bits per heavy atom. The van der Waals surface area contributed by atoms with Crippen molar-refractivity contribution in [3.05, 3.63) is 0 Å². The van der Waals surface area contributed by atoms with E-state index in [2.05, 4.69) is 0 Å². The van der Waals surface area contributed by atoms with Gasteiger partial charge in [0, 0.05) is 0 Å². The SMILES string of the molecule is CCC(C)(CC(C)(CC(C)(CC(C)(C)C(=O)OC1COC(=O)C1)C(=O)OC1COC(=O)C1)C(=O)OC1COC(=O)C1)C(=O)OC1COC(=O)C1. The van der Waals surface area contributed by atoms with Crippen LogP contribution in [0.3, 0.4) is 0 Å². The lowest BCUT2D eigenvalue weighted by atomic mass is 9.61. The van der Waals surface area contributed by atoms with Gasteiger partial charge in [-0.25, -0.2) is 0 Å². The highest BCUT2D eigenvalue weighted by Gasteiger charge is 2.55. The van der Waals surface area contributed by atoms with Crippen LogP contribution in [0.2, 0.25) is 0 Å². The summed E-state index contributed by atoms with van der Waals surface area (Å²) in [5.41, 5.74) is -6.10. The number of esters is 8. The summed E-state index contributed by atoms with van der Waals surface area (Å²) in [5.74, 6) is -5.28. The van der Waals surface area contributed by atoms with Crippen molar-refractivity contribution in [1.29, 1.82) is 0 Å². The van der Waals surface area contributed by atoms with Crippen LogP contribution in [0.25, 0.3) is 0 Å². The molecular formula is C34H46O16. The van der Waals surface area contributed by atoms with Gasteiger partial charge in [-0.1, -0.05) is 6.92 Å². The Morgan fingerprint density at radius 2 is 0.780 bits per heavy atom. The minimum atomic E-state index is -1.67. The van der Waals surface area contributed by atoms with Crippen molar-refractivity contribution >= 4 is 47.8 Å². The Balaban J connectivity index is 1.67. The predicted octanol–water partition coefficient (Wildman–Crippen LogP) is 2.05. The number of carbonyl (C=O) groups excluding carboxylic acids is 8. The first-order valence-corrected chi connectivity index (χ1v) is 16.7. The van der Waals surface area contributed by atoms with Crippen LogP contribution in [-0.2, 0) is 76.3 Å². The molecule has 7 unspecified atom stereocenters. The first kappa shape index (κ1) is 38.6. The first-order chi connectivity index (χ1) is 23.3. The number of carbonyl (C=O) groups is 8. The highest BCUT2D eigenvalue weighted by molar-refractivity contribution is 5.85. The zero-order chi connectivity index (χ0) is 37.1. The lowest BCUT2D eigenvalue weighted by Crippen LogP contribution is -2.48. The van der Waals surface area contributed by atoms with Crippen LogP contribution in [0, 0.1) is 21.7 Å². The molecule has 0 aromatic carbocycles. The van der Waals surface area contributed by atoms with Gasteiger partial charge >= 0.3 is 47.8 Å². The summed E-state index contributed by atoms with van der Waals surface area (Å²) < 4.78 is 42.5. The van der Waals surface area contributed by atoms with Crippen LogP contribution in [-0.4, -0.2) is 98.6 Å². The minimum Gasteiger partial charge on any atom is -0.462 e. The van der Waals surface area contributed by atoms with E-state index in [1.165, 1.54) is 27.7 Å². The van der Waals surface area contributed by atoms with E-state index in [4.69, 9.17) is 37.9 Å². The third-order valence-corrected chi connectivity index (χ3v) is 9.60. The van der Waals surface area contributed by atoms with Crippen LogP contribution in [0.5, 0.6) is 0 Å². The third kappa shape index (κ3) is 9.30. The number of rotatable bonds is 15. The zero-order valence-corrected chi connectivity index (χ0v) is 29.3. The molecule has 4 rings (SSSR count). The molecule has 50 heavy (non-hydrogen) atoms. The van der Waals surface area contributed by atoms with E-state index in [0.29, 0.717) is 0 Å². The van der Waals surface area contributed by atoms with Crippen LogP contribution in [0.4, 0.5) is 0 Å². The summed E-state index contributed by atoms with van der Waals surface area (Å²) in [6.07, 6.45) is -4.73. The van der Waals surface area contributed by atoms with Crippen molar-refractivity contribution in [2.24, 2.45) is 21.7 Å².